The average molecular weight is 300 g/mol. The molecule has 2 fully saturated rings. The first-order chi connectivity index (χ1) is 9.22. The van der Waals surface area contributed by atoms with Crippen molar-refractivity contribution in [3.8, 4) is 0 Å². The number of ether oxygens (including phenoxy) is 1. The van der Waals surface area contributed by atoms with E-state index in [0.29, 0.717) is 0 Å². The largest absolute Gasteiger partial charge is 0.524 e. The van der Waals surface area contributed by atoms with Crippen LogP contribution in [0.1, 0.15) is 26.7 Å². The number of amides is 1. The zero-order valence-electron chi connectivity index (χ0n) is 10.8. The zero-order valence-corrected chi connectivity index (χ0v) is 10.8. The highest BCUT2D eigenvalue weighted by molar-refractivity contribution is 5.99. The Morgan fingerprint density at radius 2 is 2.05 bits per heavy atom. The monoisotopic (exact) mass is 300 g/mol. The van der Waals surface area contributed by atoms with E-state index in [1.165, 1.54) is 0 Å². The molecular formula is C10H15F3N2O5. The number of halogens is 3. The van der Waals surface area contributed by atoms with Crippen LogP contribution in [0, 0.1) is 5.92 Å². The van der Waals surface area contributed by atoms with E-state index in [2.05, 4.69) is 9.57 Å². The molecule has 1 saturated heterocycles. The van der Waals surface area contributed by atoms with Crippen molar-refractivity contribution in [2.45, 2.75) is 45.0 Å². The molecule has 0 aromatic rings. The molecule has 7 nitrogen and oxygen atoms in total. The topological polar surface area (TPSA) is 96.9 Å². The summed E-state index contributed by atoms with van der Waals surface area (Å²) in [5.74, 6) is -3.76. The van der Waals surface area contributed by atoms with Crippen LogP contribution in [0.5, 0.6) is 0 Å². The Morgan fingerprint density at radius 1 is 1.50 bits per heavy atom. The first-order valence-corrected chi connectivity index (χ1v) is 5.96. The van der Waals surface area contributed by atoms with E-state index in [0.717, 1.165) is 0 Å². The zero-order chi connectivity index (χ0) is 15.6. The van der Waals surface area contributed by atoms with Gasteiger partial charge in [-0.25, -0.2) is 4.79 Å². The minimum Gasteiger partial charge on any atom is -0.374 e. The van der Waals surface area contributed by atoms with E-state index in [9.17, 15) is 27.9 Å². The van der Waals surface area contributed by atoms with Crippen LogP contribution in [0.25, 0.3) is 0 Å². The molecule has 3 N–H and O–H groups in total. The van der Waals surface area contributed by atoms with Crippen molar-refractivity contribution in [3.63, 3.8) is 0 Å². The average Bonchev–Trinajstić information content (AvgIpc) is 2.96. The number of hydroxylamine groups is 1. The Balaban J connectivity index is 0.000000956. The molecular weight excluding hydrogens is 285 g/mol. The maximum absolute atomic E-state index is 12.0. The summed E-state index contributed by atoms with van der Waals surface area (Å²) < 4.78 is 39.9. The molecule has 0 radical (unpaired) electrons. The smallest absolute Gasteiger partial charge is 0.374 e. The molecule has 2 unspecified atom stereocenters. The van der Waals surface area contributed by atoms with E-state index in [4.69, 9.17) is 0 Å². The number of hydrogen-bond donors (Lipinski definition) is 3. The lowest BCUT2D eigenvalue weighted by molar-refractivity contribution is -0.352. The van der Waals surface area contributed by atoms with Gasteiger partial charge in [0.15, 0.2) is 17.9 Å². The number of rotatable bonds is 3. The van der Waals surface area contributed by atoms with Gasteiger partial charge in [-0.1, -0.05) is 13.8 Å². The van der Waals surface area contributed by atoms with Gasteiger partial charge in [0, 0.05) is 12.8 Å². The summed E-state index contributed by atoms with van der Waals surface area (Å²) >= 11 is 0. The van der Waals surface area contributed by atoms with Crippen LogP contribution in [0.15, 0.2) is 0 Å². The first-order valence-electron chi connectivity index (χ1n) is 5.96. The normalized spacial score (nSPS) is 27.2. The number of carbonyl (C=O) groups is 2. The van der Waals surface area contributed by atoms with Gasteiger partial charge in [0.2, 0.25) is 5.91 Å². The SMILES string of the molecule is CC.O=C(NC1(OC(F)(F)F)CC1)C1C(=O)ONC1O. The van der Waals surface area contributed by atoms with Crippen molar-refractivity contribution >= 4 is 11.9 Å². The highest BCUT2D eigenvalue weighted by Gasteiger charge is 2.55. The van der Waals surface area contributed by atoms with E-state index < -0.39 is 36.1 Å². The van der Waals surface area contributed by atoms with Crippen LogP contribution in [-0.4, -0.2) is 35.3 Å². The molecule has 1 aliphatic heterocycles. The quantitative estimate of drug-likeness (QED) is 0.507. The van der Waals surface area contributed by atoms with Crippen LogP contribution < -0.4 is 10.8 Å². The fourth-order valence-electron chi connectivity index (χ4n) is 1.52. The lowest BCUT2D eigenvalue weighted by atomic mass is 10.1. The van der Waals surface area contributed by atoms with Crippen molar-refractivity contribution in [1.82, 2.24) is 10.8 Å². The van der Waals surface area contributed by atoms with Crippen molar-refractivity contribution in [3.05, 3.63) is 0 Å². The third-order valence-electron chi connectivity index (χ3n) is 2.50. The van der Waals surface area contributed by atoms with Crippen molar-refractivity contribution in [1.29, 1.82) is 0 Å². The summed E-state index contributed by atoms with van der Waals surface area (Å²) in [5, 5.41) is 11.1. The summed E-state index contributed by atoms with van der Waals surface area (Å²) in [5.41, 5.74) is 0.00140. The fraction of sp³-hybridized carbons (Fsp3) is 0.800. The van der Waals surface area contributed by atoms with Crippen molar-refractivity contribution in [2.24, 2.45) is 5.92 Å². The van der Waals surface area contributed by atoms with Crippen LogP contribution >= 0.6 is 0 Å². The van der Waals surface area contributed by atoms with E-state index in [-0.39, 0.29) is 12.8 Å². The summed E-state index contributed by atoms with van der Waals surface area (Å²) in [6, 6.07) is 0. The second-order valence-electron chi connectivity index (χ2n) is 3.99. The molecule has 2 rings (SSSR count). The molecule has 2 aliphatic rings. The van der Waals surface area contributed by atoms with E-state index in [1.807, 2.05) is 24.6 Å². The highest BCUT2D eigenvalue weighted by atomic mass is 19.4. The second-order valence-corrected chi connectivity index (χ2v) is 3.99. The van der Waals surface area contributed by atoms with Gasteiger partial charge in [-0.2, -0.15) is 0 Å². The standard InChI is InChI=1S/C8H9F3N2O5.C2H6/c9-8(10,11)18-7(1-2-7)12-4(14)3-5(15)13-17-6(3)16;1-2/h3,5,13,15H,1-2H2,(H,12,14);1-2H3. The van der Waals surface area contributed by atoms with Crippen LogP contribution in [-0.2, 0) is 19.2 Å². The Kier molecular flexibility index (Phi) is 4.95. The Bertz CT molecular complexity index is 384. The fourth-order valence-corrected chi connectivity index (χ4v) is 1.52. The molecule has 20 heavy (non-hydrogen) atoms. The van der Waals surface area contributed by atoms with E-state index in [1.54, 1.807) is 0 Å². The van der Waals surface area contributed by atoms with Crippen LogP contribution in [0.3, 0.4) is 0 Å². The summed E-state index contributed by atoms with van der Waals surface area (Å²) in [7, 11) is 0. The molecule has 0 spiro atoms. The Morgan fingerprint density at radius 3 is 2.40 bits per heavy atom. The van der Waals surface area contributed by atoms with Crippen LogP contribution in [0.2, 0.25) is 0 Å². The molecule has 0 aromatic heterocycles. The molecule has 0 bridgehead atoms. The summed E-state index contributed by atoms with van der Waals surface area (Å²) in [4.78, 5) is 26.8. The van der Waals surface area contributed by atoms with Crippen molar-refractivity contribution in [2.75, 3.05) is 0 Å². The Hall–Kier alpha value is -1.39. The molecule has 1 heterocycles. The molecule has 0 aromatic carbocycles. The van der Waals surface area contributed by atoms with Crippen molar-refractivity contribution < 1.29 is 37.4 Å². The molecule has 1 saturated carbocycles. The van der Waals surface area contributed by atoms with Gasteiger partial charge in [0.1, 0.15) is 0 Å². The minimum atomic E-state index is -4.89. The summed E-state index contributed by atoms with van der Waals surface area (Å²) in [6.07, 6.45) is -6.54. The molecule has 1 amide bonds. The predicted molar refractivity (Wildman–Crippen MR) is 57.3 cm³/mol. The van der Waals surface area contributed by atoms with Gasteiger partial charge >= 0.3 is 12.3 Å². The molecule has 10 heteroatoms. The van der Waals surface area contributed by atoms with Gasteiger partial charge in [0.05, 0.1) is 0 Å². The lowest BCUT2D eigenvalue weighted by Gasteiger charge is -2.21. The van der Waals surface area contributed by atoms with Gasteiger partial charge in [0.25, 0.3) is 0 Å². The predicted octanol–water partition coefficient (Wildman–Crippen LogP) is 0.151. The maximum atomic E-state index is 12.0. The number of hydrogen-bond acceptors (Lipinski definition) is 6. The number of aliphatic hydroxyl groups excluding tert-OH is 1. The van der Waals surface area contributed by atoms with E-state index >= 15 is 0 Å². The maximum Gasteiger partial charge on any atom is 0.524 e. The Labute approximate surface area is 112 Å². The number of alkyl halides is 3. The third-order valence-corrected chi connectivity index (χ3v) is 2.50. The third kappa shape index (κ3) is 4.05. The number of nitrogens with one attached hydrogen (secondary N) is 2. The van der Waals surface area contributed by atoms with Gasteiger partial charge in [-0.3, -0.25) is 9.53 Å². The molecule has 116 valence electrons. The number of aliphatic hydroxyl groups is 1. The second kappa shape index (κ2) is 5.94. The lowest BCUT2D eigenvalue weighted by Crippen LogP contribution is -2.48. The van der Waals surface area contributed by atoms with Gasteiger partial charge < -0.3 is 15.3 Å². The molecule has 1 aliphatic carbocycles. The minimum absolute atomic E-state index is 0.0243. The van der Waals surface area contributed by atoms with Crippen LogP contribution in [0.4, 0.5) is 13.2 Å². The highest BCUT2D eigenvalue weighted by Crippen LogP contribution is 2.41. The van der Waals surface area contributed by atoms with Gasteiger partial charge in [-0.05, 0) is 0 Å². The number of carbonyl (C=O) groups excluding carboxylic acids is 2. The summed E-state index contributed by atoms with van der Waals surface area (Å²) in [6.45, 7) is 4.00. The molecule has 2 atom stereocenters. The first kappa shape index (κ1) is 16.7. The van der Waals surface area contributed by atoms with Gasteiger partial charge in [-0.15, -0.1) is 18.7 Å².